The zero-order valence-electron chi connectivity index (χ0n) is 9.03. The topological polar surface area (TPSA) is 45.5 Å². The van der Waals surface area contributed by atoms with E-state index >= 15 is 0 Å². The largest absolute Gasteiger partial charge is 0.503 e. The van der Waals surface area contributed by atoms with Gasteiger partial charge in [-0.25, -0.2) is 0 Å². The Morgan fingerprint density at radius 3 is 2.57 bits per heavy atom. The lowest BCUT2D eigenvalue weighted by atomic mass is 10.2. The third-order valence-electron chi connectivity index (χ3n) is 2.25. The molecule has 0 amide bonds. The van der Waals surface area contributed by atoms with Gasteiger partial charge in [0, 0.05) is 25.4 Å². The molecule has 14 heavy (non-hydrogen) atoms. The van der Waals surface area contributed by atoms with Gasteiger partial charge in [-0.2, -0.15) is 0 Å². The zero-order chi connectivity index (χ0) is 10.9. The van der Waals surface area contributed by atoms with E-state index in [1.54, 1.807) is 0 Å². The van der Waals surface area contributed by atoms with E-state index in [1.165, 1.54) is 6.07 Å². The molecule has 1 N–H and O–H groups in total. The van der Waals surface area contributed by atoms with E-state index in [4.69, 9.17) is 0 Å². The third-order valence-corrected chi connectivity index (χ3v) is 2.25. The molecule has 0 saturated heterocycles. The molecule has 1 heterocycles. The average Bonchev–Trinajstić information content (AvgIpc) is 2.09. The molecule has 0 bridgehead atoms. The highest BCUT2D eigenvalue weighted by molar-refractivity contribution is 5.29. The fraction of sp³-hybridized carbons (Fsp3) is 0.500. The number of aryl methyl sites for hydroxylation is 1. The molecule has 1 aromatic rings. The Morgan fingerprint density at radius 1 is 1.50 bits per heavy atom. The van der Waals surface area contributed by atoms with Crippen LogP contribution >= 0.6 is 0 Å². The maximum Gasteiger partial charge on any atom is 0.223 e. The molecule has 4 nitrogen and oxygen atoms in total. The van der Waals surface area contributed by atoms with Gasteiger partial charge in [0.2, 0.25) is 5.43 Å². The molecule has 0 aliphatic rings. The van der Waals surface area contributed by atoms with Crippen molar-refractivity contribution in [3.05, 3.63) is 27.7 Å². The standard InChI is InChI=1S/C10H16N2O2/c1-7-5-9(13)10(14)8(12(7)4)6-11(2)3/h5,14H,6H2,1-4H3. The first-order valence-electron chi connectivity index (χ1n) is 4.46. The molecule has 4 heteroatoms. The normalized spacial score (nSPS) is 10.9. The predicted octanol–water partition coefficient (Wildman–Crippen LogP) is 0.461. The van der Waals surface area contributed by atoms with Crippen molar-refractivity contribution in [2.45, 2.75) is 13.5 Å². The second kappa shape index (κ2) is 3.84. The van der Waals surface area contributed by atoms with E-state index in [0.29, 0.717) is 12.2 Å². The molecule has 0 radical (unpaired) electrons. The summed E-state index contributed by atoms with van der Waals surface area (Å²) in [5, 5.41) is 9.59. The van der Waals surface area contributed by atoms with Crippen LogP contribution in [0.3, 0.4) is 0 Å². The van der Waals surface area contributed by atoms with Gasteiger partial charge in [-0.15, -0.1) is 0 Å². The van der Waals surface area contributed by atoms with Crippen molar-refractivity contribution >= 4 is 0 Å². The monoisotopic (exact) mass is 196 g/mol. The highest BCUT2D eigenvalue weighted by Crippen LogP contribution is 2.13. The quantitative estimate of drug-likeness (QED) is 0.747. The van der Waals surface area contributed by atoms with E-state index in [0.717, 1.165) is 5.69 Å². The van der Waals surface area contributed by atoms with Gasteiger partial charge >= 0.3 is 0 Å². The predicted molar refractivity (Wildman–Crippen MR) is 55.5 cm³/mol. The second-order valence-electron chi connectivity index (χ2n) is 3.74. The lowest BCUT2D eigenvalue weighted by Crippen LogP contribution is -2.20. The number of hydrogen-bond donors (Lipinski definition) is 1. The first-order valence-corrected chi connectivity index (χ1v) is 4.46. The summed E-state index contributed by atoms with van der Waals surface area (Å²) in [5.74, 6) is -0.146. The number of rotatable bonds is 2. The first-order chi connectivity index (χ1) is 6.43. The van der Waals surface area contributed by atoms with Crippen LogP contribution in [0, 0.1) is 6.92 Å². The summed E-state index contributed by atoms with van der Waals surface area (Å²) in [6.07, 6.45) is 0. The van der Waals surface area contributed by atoms with Gasteiger partial charge in [0.25, 0.3) is 0 Å². The van der Waals surface area contributed by atoms with Crippen molar-refractivity contribution in [2.24, 2.45) is 7.05 Å². The molecule has 0 spiro atoms. The van der Waals surface area contributed by atoms with Crippen LogP contribution in [0.1, 0.15) is 11.4 Å². The summed E-state index contributed by atoms with van der Waals surface area (Å²) in [4.78, 5) is 13.2. The lowest BCUT2D eigenvalue weighted by molar-refractivity contribution is 0.367. The van der Waals surface area contributed by atoms with Crippen molar-refractivity contribution in [3.63, 3.8) is 0 Å². The Kier molecular flexibility index (Phi) is 2.96. The van der Waals surface area contributed by atoms with Crippen LogP contribution < -0.4 is 5.43 Å². The number of nitrogens with zero attached hydrogens (tertiary/aromatic N) is 2. The van der Waals surface area contributed by atoms with Crippen LogP contribution in [0.5, 0.6) is 5.75 Å². The third kappa shape index (κ3) is 1.96. The minimum absolute atomic E-state index is 0.146. The molecule has 0 atom stereocenters. The molecule has 78 valence electrons. The number of pyridine rings is 1. The molecule has 0 saturated carbocycles. The van der Waals surface area contributed by atoms with E-state index in [2.05, 4.69) is 0 Å². The van der Waals surface area contributed by atoms with Crippen LogP contribution in [0.15, 0.2) is 10.9 Å². The first kappa shape index (κ1) is 10.8. The Bertz CT molecular complexity index is 394. The van der Waals surface area contributed by atoms with Gasteiger partial charge in [0.05, 0.1) is 5.69 Å². The molecule has 0 aromatic carbocycles. The van der Waals surface area contributed by atoms with E-state index in [1.807, 2.05) is 37.5 Å². The van der Waals surface area contributed by atoms with Gasteiger partial charge in [-0.05, 0) is 21.0 Å². The van der Waals surface area contributed by atoms with Crippen LogP contribution in [0.2, 0.25) is 0 Å². The summed E-state index contributed by atoms with van der Waals surface area (Å²) in [7, 11) is 5.63. The number of hydrogen-bond acceptors (Lipinski definition) is 3. The smallest absolute Gasteiger partial charge is 0.223 e. The number of aromatic hydroxyl groups is 1. The second-order valence-corrected chi connectivity index (χ2v) is 3.74. The molecular formula is C10H16N2O2. The van der Waals surface area contributed by atoms with Gasteiger partial charge in [0.15, 0.2) is 5.75 Å². The minimum atomic E-state index is -0.308. The van der Waals surface area contributed by atoms with Gasteiger partial charge < -0.3 is 14.6 Å². The Balaban J connectivity index is 3.32. The molecular weight excluding hydrogens is 180 g/mol. The maximum atomic E-state index is 11.3. The van der Waals surface area contributed by atoms with E-state index in [9.17, 15) is 9.90 Å². The average molecular weight is 196 g/mol. The Hall–Kier alpha value is -1.29. The highest BCUT2D eigenvalue weighted by Gasteiger charge is 2.10. The van der Waals surface area contributed by atoms with Crippen LogP contribution in [0.4, 0.5) is 0 Å². The fourth-order valence-corrected chi connectivity index (χ4v) is 1.35. The van der Waals surface area contributed by atoms with Gasteiger partial charge in [-0.1, -0.05) is 0 Å². The molecule has 0 fully saturated rings. The number of aromatic nitrogens is 1. The van der Waals surface area contributed by atoms with Crippen LogP contribution in [0.25, 0.3) is 0 Å². The molecule has 0 unspecified atom stereocenters. The summed E-state index contributed by atoms with van der Waals surface area (Å²) < 4.78 is 1.83. The summed E-state index contributed by atoms with van der Waals surface area (Å²) in [6, 6.07) is 1.44. The molecule has 0 aliphatic heterocycles. The molecule has 1 rings (SSSR count). The summed E-state index contributed by atoms with van der Waals surface area (Å²) in [6.45, 7) is 2.40. The fourth-order valence-electron chi connectivity index (χ4n) is 1.35. The summed E-state index contributed by atoms with van der Waals surface area (Å²) >= 11 is 0. The van der Waals surface area contributed by atoms with Crippen molar-refractivity contribution in [1.82, 2.24) is 9.47 Å². The maximum absolute atomic E-state index is 11.3. The Labute approximate surface area is 83.4 Å². The zero-order valence-corrected chi connectivity index (χ0v) is 9.03. The molecule has 1 aromatic heterocycles. The van der Waals surface area contributed by atoms with Crippen LogP contribution in [-0.2, 0) is 13.6 Å². The van der Waals surface area contributed by atoms with Crippen molar-refractivity contribution in [1.29, 1.82) is 0 Å². The summed E-state index contributed by atoms with van der Waals surface area (Å²) in [5.41, 5.74) is 1.20. The van der Waals surface area contributed by atoms with Crippen molar-refractivity contribution in [2.75, 3.05) is 14.1 Å². The van der Waals surface area contributed by atoms with E-state index in [-0.39, 0.29) is 11.2 Å². The van der Waals surface area contributed by atoms with Crippen molar-refractivity contribution < 1.29 is 5.11 Å². The Morgan fingerprint density at radius 2 is 2.07 bits per heavy atom. The minimum Gasteiger partial charge on any atom is -0.503 e. The lowest BCUT2D eigenvalue weighted by Gasteiger charge is -2.16. The SMILES string of the molecule is Cc1cc(=O)c(O)c(CN(C)C)n1C. The van der Waals surface area contributed by atoms with Gasteiger partial charge in [0.1, 0.15) is 0 Å². The molecule has 0 aliphatic carbocycles. The van der Waals surface area contributed by atoms with Crippen molar-refractivity contribution in [3.8, 4) is 5.75 Å². The highest BCUT2D eigenvalue weighted by atomic mass is 16.3. The van der Waals surface area contributed by atoms with Crippen LogP contribution in [-0.4, -0.2) is 28.7 Å². The van der Waals surface area contributed by atoms with Gasteiger partial charge in [-0.3, -0.25) is 4.79 Å². The van der Waals surface area contributed by atoms with E-state index < -0.39 is 0 Å².